The van der Waals surface area contributed by atoms with Gasteiger partial charge in [0.25, 0.3) is 0 Å². The summed E-state index contributed by atoms with van der Waals surface area (Å²) in [6.45, 7) is 6.22. The number of nitrogens with one attached hydrogen (secondary N) is 1. The van der Waals surface area contributed by atoms with Gasteiger partial charge in [-0.3, -0.25) is 0 Å². The number of aryl methyl sites for hydroxylation is 1. The lowest BCUT2D eigenvalue weighted by Crippen LogP contribution is -2.57. The highest BCUT2D eigenvalue weighted by Gasteiger charge is 2.47. The van der Waals surface area contributed by atoms with E-state index in [-0.39, 0.29) is 17.6 Å². The van der Waals surface area contributed by atoms with Crippen LogP contribution in [0.3, 0.4) is 0 Å². The molecular weight excluding hydrogens is 294 g/mol. The lowest BCUT2D eigenvalue weighted by molar-refractivity contribution is -0.0511. The second kappa shape index (κ2) is 4.74. The fourth-order valence-electron chi connectivity index (χ4n) is 2.38. The fraction of sp³-hybridized carbons (Fsp3) is 0.571. The predicted octanol–water partition coefficient (Wildman–Crippen LogP) is 3.34. The SMILES string of the molecule is COc1cc(Br)cc(C)c1NC1CC(O)C1(C)C. The first kappa shape index (κ1) is 13.7. The van der Waals surface area contributed by atoms with E-state index in [1.807, 2.05) is 6.07 Å². The summed E-state index contributed by atoms with van der Waals surface area (Å²) in [5, 5.41) is 13.3. The van der Waals surface area contributed by atoms with Crippen LogP contribution in [0.4, 0.5) is 5.69 Å². The van der Waals surface area contributed by atoms with Gasteiger partial charge in [0, 0.05) is 15.9 Å². The summed E-state index contributed by atoms with van der Waals surface area (Å²) in [6.07, 6.45) is 0.558. The topological polar surface area (TPSA) is 41.5 Å². The number of rotatable bonds is 3. The van der Waals surface area contributed by atoms with Gasteiger partial charge in [0.2, 0.25) is 0 Å². The van der Waals surface area contributed by atoms with Crippen molar-refractivity contribution in [1.29, 1.82) is 0 Å². The summed E-state index contributed by atoms with van der Waals surface area (Å²) in [6, 6.07) is 4.30. The third-order valence-corrected chi connectivity index (χ3v) is 4.48. The van der Waals surface area contributed by atoms with Crippen LogP contribution in [-0.4, -0.2) is 24.4 Å². The maximum Gasteiger partial charge on any atom is 0.143 e. The van der Waals surface area contributed by atoms with Gasteiger partial charge in [-0.05, 0) is 31.0 Å². The lowest BCUT2D eigenvalue weighted by atomic mass is 9.64. The molecule has 0 radical (unpaired) electrons. The van der Waals surface area contributed by atoms with Gasteiger partial charge < -0.3 is 15.2 Å². The van der Waals surface area contributed by atoms with E-state index >= 15 is 0 Å². The Morgan fingerprint density at radius 3 is 2.61 bits per heavy atom. The summed E-state index contributed by atoms with van der Waals surface area (Å²) >= 11 is 3.47. The maximum absolute atomic E-state index is 9.79. The number of hydrogen-bond acceptors (Lipinski definition) is 3. The first-order valence-corrected chi connectivity index (χ1v) is 6.94. The van der Waals surface area contributed by atoms with Crippen molar-refractivity contribution in [3.05, 3.63) is 22.2 Å². The van der Waals surface area contributed by atoms with Crippen molar-refractivity contribution in [2.24, 2.45) is 5.41 Å². The predicted molar refractivity (Wildman–Crippen MR) is 77.2 cm³/mol. The summed E-state index contributed by atoms with van der Waals surface area (Å²) in [5.41, 5.74) is 2.06. The molecule has 2 atom stereocenters. The van der Waals surface area contributed by atoms with Crippen LogP contribution in [-0.2, 0) is 0 Å². The molecule has 2 rings (SSSR count). The van der Waals surface area contributed by atoms with Gasteiger partial charge in [-0.2, -0.15) is 0 Å². The Morgan fingerprint density at radius 1 is 1.44 bits per heavy atom. The summed E-state index contributed by atoms with van der Waals surface area (Å²) in [5.74, 6) is 0.832. The molecule has 2 N–H and O–H groups in total. The van der Waals surface area contributed by atoms with Crippen LogP contribution in [0.1, 0.15) is 25.8 Å². The Bertz CT molecular complexity index is 459. The van der Waals surface area contributed by atoms with Gasteiger partial charge in [-0.1, -0.05) is 29.8 Å². The number of aliphatic hydroxyl groups is 1. The Morgan fingerprint density at radius 2 is 2.11 bits per heavy atom. The van der Waals surface area contributed by atoms with Crippen molar-refractivity contribution in [2.75, 3.05) is 12.4 Å². The van der Waals surface area contributed by atoms with Crippen LogP contribution in [0.5, 0.6) is 5.75 Å². The Balaban J connectivity index is 2.25. The average molecular weight is 314 g/mol. The number of anilines is 1. The Hall–Kier alpha value is -0.740. The van der Waals surface area contributed by atoms with Crippen LogP contribution >= 0.6 is 15.9 Å². The summed E-state index contributed by atoms with van der Waals surface area (Å²) < 4.78 is 6.43. The molecule has 0 spiro atoms. The molecule has 4 heteroatoms. The van der Waals surface area contributed by atoms with Gasteiger partial charge >= 0.3 is 0 Å². The number of benzene rings is 1. The molecule has 1 fully saturated rings. The molecule has 0 heterocycles. The molecule has 0 bridgehead atoms. The molecule has 1 aliphatic rings. The first-order chi connectivity index (χ1) is 8.36. The molecule has 0 aliphatic heterocycles. The third-order valence-electron chi connectivity index (χ3n) is 4.02. The molecule has 1 aromatic rings. The van der Waals surface area contributed by atoms with Gasteiger partial charge in [0.1, 0.15) is 5.75 Å². The highest BCUT2D eigenvalue weighted by Crippen LogP contribution is 2.44. The smallest absolute Gasteiger partial charge is 0.143 e. The summed E-state index contributed by atoms with van der Waals surface area (Å²) in [4.78, 5) is 0. The van der Waals surface area contributed by atoms with E-state index in [2.05, 4.69) is 48.1 Å². The molecule has 1 saturated carbocycles. The average Bonchev–Trinajstić information content (AvgIpc) is 2.30. The van der Waals surface area contributed by atoms with E-state index in [0.29, 0.717) is 0 Å². The van der Waals surface area contributed by atoms with E-state index < -0.39 is 0 Å². The van der Waals surface area contributed by atoms with E-state index in [1.165, 1.54) is 0 Å². The van der Waals surface area contributed by atoms with E-state index in [4.69, 9.17) is 4.74 Å². The molecule has 1 aliphatic carbocycles. The number of halogens is 1. The van der Waals surface area contributed by atoms with Crippen molar-refractivity contribution in [2.45, 2.75) is 39.3 Å². The van der Waals surface area contributed by atoms with Gasteiger partial charge in [-0.25, -0.2) is 0 Å². The van der Waals surface area contributed by atoms with Crippen LogP contribution in [0.2, 0.25) is 0 Å². The Labute approximate surface area is 117 Å². The van der Waals surface area contributed by atoms with E-state index in [0.717, 1.165) is 27.9 Å². The van der Waals surface area contributed by atoms with Crippen LogP contribution in [0, 0.1) is 12.3 Å². The normalized spacial score (nSPS) is 25.4. The Kier molecular flexibility index (Phi) is 3.60. The standard InChI is InChI=1S/C14H20BrNO2/c1-8-5-9(15)6-10(18-4)13(8)16-11-7-12(17)14(11,2)3/h5-6,11-12,16-17H,7H2,1-4H3. The van der Waals surface area contributed by atoms with Gasteiger partial charge in [-0.15, -0.1) is 0 Å². The van der Waals surface area contributed by atoms with Crippen LogP contribution in [0.25, 0.3) is 0 Å². The molecule has 0 amide bonds. The minimum atomic E-state index is -0.225. The molecule has 0 aromatic heterocycles. The second-order valence-electron chi connectivity index (χ2n) is 5.57. The zero-order chi connectivity index (χ0) is 13.5. The molecule has 100 valence electrons. The number of hydrogen-bond donors (Lipinski definition) is 2. The minimum Gasteiger partial charge on any atom is -0.495 e. The zero-order valence-electron chi connectivity index (χ0n) is 11.2. The second-order valence-corrected chi connectivity index (χ2v) is 6.49. The zero-order valence-corrected chi connectivity index (χ0v) is 12.8. The van der Waals surface area contributed by atoms with Crippen molar-refractivity contribution in [3.8, 4) is 5.75 Å². The molecular formula is C14H20BrNO2. The van der Waals surface area contributed by atoms with Crippen molar-refractivity contribution in [1.82, 2.24) is 0 Å². The molecule has 3 nitrogen and oxygen atoms in total. The highest BCUT2D eigenvalue weighted by molar-refractivity contribution is 9.10. The van der Waals surface area contributed by atoms with Crippen LogP contribution < -0.4 is 10.1 Å². The molecule has 2 unspecified atom stereocenters. The van der Waals surface area contributed by atoms with Gasteiger partial charge in [0.05, 0.1) is 18.9 Å². The minimum absolute atomic E-state index is 0.0927. The quantitative estimate of drug-likeness (QED) is 0.899. The fourth-order valence-corrected chi connectivity index (χ4v) is 2.93. The van der Waals surface area contributed by atoms with Crippen molar-refractivity contribution in [3.63, 3.8) is 0 Å². The lowest BCUT2D eigenvalue weighted by Gasteiger charge is -2.50. The highest BCUT2D eigenvalue weighted by atomic mass is 79.9. The third kappa shape index (κ3) is 2.24. The van der Waals surface area contributed by atoms with E-state index in [1.54, 1.807) is 7.11 Å². The molecule has 18 heavy (non-hydrogen) atoms. The molecule has 0 saturated heterocycles. The number of methoxy groups -OCH3 is 1. The monoisotopic (exact) mass is 313 g/mol. The largest absolute Gasteiger partial charge is 0.495 e. The maximum atomic E-state index is 9.79. The first-order valence-electron chi connectivity index (χ1n) is 6.15. The number of aliphatic hydroxyl groups excluding tert-OH is 1. The van der Waals surface area contributed by atoms with Gasteiger partial charge in [0.15, 0.2) is 0 Å². The number of ether oxygens (including phenoxy) is 1. The molecule has 1 aromatic carbocycles. The summed E-state index contributed by atoms with van der Waals surface area (Å²) in [7, 11) is 1.67. The van der Waals surface area contributed by atoms with Crippen LogP contribution in [0.15, 0.2) is 16.6 Å². The van der Waals surface area contributed by atoms with Crippen molar-refractivity contribution >= 4 is 21.6 Å². The van der Waals surface area contributed by atoms with E-state index in [9.17, 15) is 5.11 Å². The van der Waals surface area contributed by atoms with Crippen molar-refractivity contribution < 1.29 is 9.84 Å².